The molecule has 4 nitrogen and oxygen atoms in total. The minimum Gasteiger partial charge on any atom is -0.342 e. The Kier molecular flexibility index (Phi) is 4.13. The van der Waals surface area contributed by atoms with Crippen LogP contribution in [0.4, 0.5) is 0 Å². The quantitative estimate of drug-likeness (QED) is 0.850. The molecule has 5 heteroatoms. The number of hydrogen-bond donors (Lipinski definition) is 1. The molecule has 1 N–H and O–H groups in total. The van der Waals surface area contributed by atoms with E-state index < -0.39 is 12.1 Å². The molecule has 0 radical (unpaired) electrons. The van der Waals surface area contributed by atoms with Crippen LogP contribution in [0, 0.1) is 5.92 Å². The summed E-state index contributed by atoms with van der Waals surface area (Å²) in [6.45, 7) is 9.63. The smallest absolute Gasteiger partial charge is 0.246 e. The van der Waals surface area contributed by atoms with E-state index in [-0.39, 0.29) is 17.7 Å². The van der Waals surface area contributed by atoms with Gasteiger partial charge in [0, 0.05) is 4.48 Å². The van der Waals surface area contributed by atoms with Gasteiger partial charge >= 0.3 is 0 Å². The van der Waals surface area contributed by atoms with E-state index in [1.807, 2.05) is 13.8 Å². The third-order valence-corrected chi connectivity index (χ3v) is 2.95. The summed E-state index contributed by atoms with van der Waals surface area (Å²) in [4.78, 5) is 25.4. The van der Waals surface area contributed by atoms with E-state index in [1.54, 1.807) is 11.8 Å². The van der Waals surface area contributed by atoms with Gasteiger partial charge in [-0.1, -0.05) is 36.4 Å². The van der Waals surface area contributed by atoms with Gasteiger partial charge in [-0.15, -0.1) is 0 Å². The van der Waals surface area contributed by atoms with Gasteiger partial charge < -0.3 is 10.2 Å². The number of hydrogen-bond acceptors (Lipinski definition) is 2. The number of carbonyl (C=O) groups is 2. The first-order valence-corrected chi connectivity index (χ1v) is 6.08. The zero-order valence-electron chi connectivity index (χ0n) is 9.79. The van der Waals surface area contributed by atoms with Crippen LogP contribution in [0.1, 0.15) is 20.8 Å². The highest BCUT2D eigenvalue weighted by Gasteiger charge is 2.39. The van der Waals surface area contributed by atoms with Crippen LogP contribution in [0.3, 0.4) is 0 Å². The van der Waals surface area contributed by atoms with Crippen LogP contribution in [0.5, 0.6) is 0 Å². The lowest BCUT2D eigenvalue weighted by Crippen LogP contribution is -2.63. The fourth-order valence-electron chi connectivity index (χ4n) is 1.70. The monoisotopic (exact) mass is 288 g/mol. The lowest BCUT2D eigenvalue weighted by Gasteiger charge is -2.38. The van der Waals surface area contributed by atoms with Crippen LogP contribution >= 0.6 is 15.9 Å². The predicted molar refractivity (Wildman–Crippen MR) is 66.0 cm³/mol. The average Bonchev–Trinajstić information content (AvgIpc) is 2.17. The fraction of sp³-hybridized carbons (Fsp3) is 0.636. The molecule has 0 bridgehead atoms. The van der Waals surface area contributed by atoms with Gasteiger partial charge in [0.15, 0.2) is 0 Å². The minimum atomic E-state index is -0.434. The number of piperazine rings is 1. The van der Waals surface area contributed by atoms with Crippen molar-refractivity contribution >= 4 is 27.7 Å². The van der Waals surface area contributed by atoms with E-state index in [2.05, 4.69) is 27.8 Å². The Balaban J connectivity index is 2.90. The average molecular weight is 289 g/mol. The SMILES string of the molecule is C=C(Br)CN1C(=O)C(C(C)C)NC(=O)C1C. The molecular weight excluding hydrogens is 272 g/mol. The third kappa shape index (κ3) is 2.64. The number of halogens is 1. The van der Waals surface area contributed by atoms with E-state index in [0.717, 1.165) is 0 Å². The molecule has 2 unspecified atom stereocenters. The summed E-state index contributed by atoms with van der Waals surface area (Å²) < 4.78 is 0.699. The Bertz CT molecular complexity index is 328. The van der Waals surface area contributed by atoms with Gasteiger partial charge in [-0.25, -0.2) is 0 Å². The van der Waals surface area contributed by atoms with Crippen LogP contribution in [0.25, 0.3) is 0 Å². The number of amides is 2. The van der Waals surface area contributed by atoms with Crippen LogP contribution in [-0.2, 0) is 9.59 Å². The Morgan fingerprint density at radius 2 is 2.12 bits per heavy atom. The molecule has 1 heterocycles. The molecule has 16 heavy (non-hydrogen) atoms. The van der Waals surface area contributed by atoms with E-state index >= 15 is 0 Å². The van der Waals surface area contributed by atoms with Gasteiger partial charge in [-0.05, 0) is 12.8 Å². The van der Waals surface area contributed by atoms with Crippen molar-refractivity contribution in [2.45, 2.75) is 32.9 Å². The van der Waals surface area contributed by atoms with Gasteiger partial charge in [0.2, 0.25) is 11.8 Å². The van der Waals surface area contributed by atoms with Crippen molar-refractivity contribution in [3.05, 3.63) is 11.1 Å². The highest BCUT2D eigenvalue weighted by Crippen LogP contribution is 2.17. The van der Waals surface area contributed by atoms with Crippen molar-refractivity contribution < 1.29 is 9.59 Å². The van der Waals surface area contributed by atoms with Crippen molar-refractivity contribution in [2.24, 2.45) is 5.92 Å². The molecule has 90 valence electrons. The van der Waals surface area contributed by atoms with Gasteiger partial charge in [-0.3, -0.25) is 9.59 Å². The largest absolute Gasteiger partial charge is 0.342 e. The molecule has 1 rings (SSSR count). The fourth-order valence-corrected chi connectivity index (χ4v) is 1.97. The summed E-state index contributed by atoms with van der Waals surface area (Å²) in [5.41, 5.74) is 0. The Hall–Kier alpha value is -0.840. The summed E-state index contributed by atoms with van der Waals surface area (Å²) in [6.07, 6.45) is 0. The van der Waals surface area contributed by atoms with E-state index in [9.17, 15) is 9.59 Å². The summed E-state index contributed by atoms with van der Waals surface area (Å²) in [5.74, 6) is -0.0511. The van der Waals surface area contributed by atoms with Gasteiger partial charge in [-0.2, -0.15) is 0 Å². The van der Waals surface area contributed by atoms with Crippen LogP contribution in [0.15, 0.2) is 11.1 Å². The maximum absolute atomic E-state index is 12.1. The molecule has 1 fully saturated rings. The zero-order valence-corrected chi connectivity index (χ0v) is 11.4. The Labute approximate surface area is 104 Å². The molecule has 0 saturated carbocycles. The summed E-state index contributed by atoms with van der Waals surface area (Å²) in [6, 6.07) is -0.854. The maximum Gasteiger partial charge on any atom is 0.246 e. The number of nitrogens with zero attached hydrogens (tertiary/aromatic N) is 1. The second kappa shape index (κ2) is 4.99. The Morgan fingerprint density at radius 3 is 2.56 bits per heavy atom. The second-order valence-electron chi connectivity index (χ2n) is 4.39. The molecule has 0 aromatic heterocycles. The second-order valence-corrected chi connectivity index (χ2v) is 5.51. The first-order valence-electron chi connectivity index (χ1n) is 5.28. The minimum absolute atomic E-state index is 0.0392. The highest BCUT2D eigenvalue weighted by molar-refractivity contribution is 9.11. The standard InChI is InChI=1S/C11H17BrN2O2/c1-6(2)9-11(16)14(5-7(3)12)8(4)10(15)13-9/h6,8-9H,3,5H2,1-2,4H3,(H,13,15). The Morgan fingerprint density at radius 1 is 1.56 bits per heavy atom. The lowest BCUT2D eigenvalue weighted by molar-refractivity contribution is -0.149. The van der Waals surface area contributed by atoms with E-state index in [0.29, 0.717) is 11.0 Å². The van der Waals surface area contributed by atoms with Crippen LogP contribution in [0.2, 0.25) is 0 Å². The van der Waals surface area contributed by atoms with E-state index in [4.69, 9.17) is 0 Å². The topological polar surface area (TPSA) is 49.4 Å². The van der Waals surface area contributed by atoms with Crippen molar-refractivity contribution in [1.82, 2.24) is 10.2 Å². The summed E-state index contributed by atoms with van der Waals surface area (Å²) in [7, 11) is 0. The highest BCUT2D eigenvalue weighted by atomic mass is 79.9. The maximum atomic E-state index is 12.1. The van der Waals surface area contributed by atoms with Gasteiger partial charge in [0.1, 0.15) is 12.1 Å². The van der Waals surface area contributed by atoms with Crippen molar-refractivity contribution in [3.8, 4) is 0 Å². The van der Waals surface area contributed by atoms with Gasteiger partial charge in [0.25, 0.3) is 0 Å². The third-order valence-electron chi connectivity index (χ3n) is 2.70. The van der Waals surface area contributed by atoms with Crippen LogP contribution < -0.4 is 5.32 Å². The number of rotatable bonds is 3. The molecule has 0 aromatic carbocycles. The first kappa shape index (κ1) is 13.2. The lowest BCUT2D eigenvalue weighted by atomic mass is 9.98. The molecule has 1 saturated heterocycles. The number of carbonyl (C=O) groups excluding carboxylic acids is 2. The van der Waals surface area contributed by atoms with Crippen molar-refractivity contribution in [2.75, 3.05) is 6.54 Å². The predicted octanol–water partition coefficient (Wildman–Crippen LogP) is 1.27. The zero-order chi connectivity index (χ0) is 12.5. The van der Waals surface area contributed by atoms with Gasteiger partial charge in [0.05, 0.1) is 6.54 Å². The van der Waals surface area contributed by atoms with Crippen molar-refractivity contribution in [3.63, 3.8) is 0 Å². The summed E-state index contributed by atoms with van der Waals surface area (Å²) >= 11 is 3.22. The first-order chi connectivity index (χ1) is 7.34. The number of nitrogens with one attached hydrogen (secondary N) is 1. The molecule has 1 aliphatic heterocycles. The normalized spacial score (nSPS) is 25.9. The molecule has 0 aliphatic carbocycles. The molecule has 0 spiro atoms. The molecular formula is C11H17BrN2O2. The molecule has 2 amide bonds. The van der Waals surface area contributed by atoms with Crippen LogP contribution in [-0.4, -0.2) is 35.3 Å². The molecule has 1 aliphatic rings. The summed E-state index contributed by atoms with van der Waals surface area (Å²) in [5, 5.41) is 2.74. The van der Waals surface area contributed by atoms with Crippen molar-refractivity contribution in [1.29, 1.82) is 0 Å². The molecule has 2 atom stereocenters. The molecule has 0 aromatic rings. The van der Waals surface area contributed by atoms with E-state index in [1.165, 1.54) is 0 Å².